The third kappa shape index (κ3) is 4.89. The first-order chi connectivity index (χ1) is 9.97. The summed E-state index contributed by atoms with van der Waals surface area (Å²) in [6.45, 7) is 0.383. The second-order valence-corrected chi connectivity index (χ2v) is 7.64. The Morgan fingerprint density at radius 1 is 1.19 bits per heavy atom. The van der Waals surface area contributed by atoms with Gasteiger partial charge in [-0.15, -0.1) is 0 Å². The van der Waals surface area contributed by atoms with E-state index >= 15 is 0 Å². The predicted octanol–water partition coefficient (Wildman–Crippen LogP) is 2.10. The van der Waals surface area contributed by atoms with Crippen LogP contribution in [0, 0.1) is 0 Å². The Morgan fingerprint density at radius 2 is 1.90 bits per heavy atom. The molecular weight excluding hydrogens is 324 g/mol. The molecule has 0 spiro atoms. The van der Waals surface area contributed by atoms with Crippen LogP contribution in [0.5, 0.6) is 0 Å². The largest absolute Gasteiger partial charge is 0.393 e. The van der Waals surface area contributed by atoms with E-state index in [1.165, 1.54) is 0 Å². The van der Waals surface area contributed by atoms with Gasteiger partial charge in [0, 0.05) is 13.0 Å². The van der Waals surface area contributed by atoms with E-state index in [9.17, 15) is 8.42 Å². The fourth-order valence-corrected chi connectivity index (χ4v) is 3.74. The van der Waals surface area contributed by atoms with Gasteiger partial charge in [0.15, 0.2) is 0 Å². The van der Waals surface area contributed by atoms with E-state index in [4.69, 9.17) is 18.0 Å². The maximum Gasteiger partial charge on any atom is 0.240 e. The van der Waals surface area contributed by atoms with Gasteiger partial charge in [0.05, 0.1) is 9.88 Å². The number of sulfonamides is 1. The number of hydrogen-bond acceptors (Lipinski definition) is 4. The van der Waals surface area contributed by atoms with Crippen molar-refractivity contribution in [1.82, 2.24) is 4.72 Å². The Balaban J connectivity index is 1.96. The van der Waals surface area contributed by atoms with Crippen LogP contribution in [-0.2, 0) is 22.9 Å². The molecule has 0 aliphatic heterocycles. The van der Waals surface area contributed by atoms with Crippen molar-refractivity contribution in [3.8, 4) is 0 Å². The van der Waals surface area contributed by atoms with E-state index in [0.717, 1.165) is 11.1 Å². The smallest absolute Gasteiger partial charge is 0.240 e. The monoisotopic (exact) mass is 340 g/mol. The highest BCUT2D eigenvalue weighted by atomic mass is 32.2. The summed E-state index contributed by atoms with van der Waals surface area (Å²) < 4.78 is 26.9. The number of benzene rings is 1. The van der Waals surface area contributed by atoms with E-state index in [-0.39, 0.29) is 4.90 Å². The normalized spacial score (nSPS) is 11.4. The second-order valence-electron chi connectivity index (χ2n) is 4.57. The molecule has 2 rings (SSSR count). The molecule has 3 N–H and O–H groups in total. The Hall–Kier alpha value is -1.28. The minimum Gasteiger partial charge on any atom is -0.393 e. The van der Waals surface area contributed by atoms with E-state index < -0.39 is 10.0 Å². The summed E-state index contributed by atoms with van der Waals surface area (Å²) in [4.78, 5) is 0.638. The highest BCUT2D eigenvalue weighted by molar-refractivity contribution is 7.89. The van der Waals surface area contributed by atoms with Gasteiger partial charge in [0.2, 0.25) is 10.0 Å². The molecule has 1 aromatic carbocycles. The van der Waals surface area contributed by atoms with Gasteiger partial charge >= 0.3 is 0 Å². The lowest BCUT2D eigenvalue weighted by Gasteiger charge is -2.07. The van der Waals surface area contributed by atoms with Crippen LogP contribution in [0.2, 0.25) is 0 Å². The van der Waals surface area contributed by atoms with Crippen LogP contribution < -0.4 is 10.5 Å². The lowest BCUT2D eigenvalue weighted by Crippen LogP contribution is -2.25. The molecule has 0 saturated carbocycles. The summed E-state index contributed by atoms with van der Waals surface area (Å²) in [7, 11) is -3.47. The molecule has 0 unspecified atom stereocenters. The molecule has 21 heavy (non-hydrogen) atoms. The first kappa shape index (κ1) is 16.1. The summed E-state index contributed by atoms with van der Waals surface area (Å²) in [5.41, 5.74) is 7.50. The zero-order chi connectivity index (χ0) is 15.3. The topological polar surface area (TPSA) is 72.2 Å². The first-order valence-electron chi connectivity index (χ1n) is 6.35. The molecular formula is C14H16N2O2S3. The zero-order valence-electron chi connectivity index (χ0n) is 11.3. The van der Waals surface area contributed by atoms with Crippen molar-refractivity contribution in [2.45, 2.75) is 17.7 Å². The van der Waals surface area contributed by atoms with Crippen LogP contribution in [0.1, 0.15) is 11.1 Å². The summed E-state index contributed by atoms with van der Waals surface area (Å²) in [5.74, 6) is 0. The molecule has 0 atom stereocenters. The lowest BCUT2D eigenvalue weighted by molar-refractivity contribution is 0.581. The SMILES string of the molecule is NC(=S)Cc1ccc(S(=O)(=O)NCCc2ccsc2)cc1. The van der Waals surface area contributed by atoms with Crippen LogP contribution in [0.25, 0.3) is 0 Å². The van der Waals surface area contributed by atoms with Gasteiger partial charge in [0.1, 0.15) is 0 Å². The Bertz CT molecular complexity index is 692. The average Bonchev–Trinajstić information content (AvgIpc) is 2.91. The van der Waals surface area contributed by atoms with Crippen molar-refractivity contribution in [3.63, 3.8) is 0 Å². The highest BCUT2D eigenvalue weighted by Gasteiger charge is 2.13. The van der Waals surface area contributed by atoms with E-state index in [2.05, 4.69) is 4.72 Å². The van der Waals surface area contributed by atoms with Crippen LogP contribution in [0.3, 0.4) is 0 Å². The van der Waals surface area contributed by atoms with E-state index in [0.29, 0.717) is 24.4 Å². The minimum atomic E-state index is -3.47. The van der Waals surface area contributed by atoms with Crippen LogP contribution in [-0.4, -0.2) is 20.0 Å². The van der Waals surface area contributed by atoms with Gasteiger partial charge in [-0.3, -0.25) is 0 Å². The molecule has 0 aliphatic rings. The minimum absolute atomic E-state index is 0.250. The van der Waals surface area contributed by atoms with E-state index in [1.807, 2.05) is 16.8 Å². The number of nitrogens with one attached hydrogen (secondary N) is 1. The van der Waals surface area contributed by atoms with Crippen LogP contribution in [0.15, 0.2) is 46.0 Å². The summed E-state index contributed by atoms with van der Waals surface area (Å²) in [6.07, 6.45) is 1.16. The van der Waals surface area contributed by atoms with Gasteiger partial charge < -0.3 is 5.73 Å². The molecule has 0 amide bonds. The summed E-state index contributed by atoms with van der Waals surface area (Å²) >= 11 is 6.43. The quantitative estimate of drug-likeness (QED) is 0.757. The standard InChI is InChI=1S/C14H16N2O2S3/c15-14(19)9-11-1-3-13(4-2-11)21(17,18)16-7-5-12-6-8-20-10-12/h1-4,6,8,10,16H,5,7,9H2,(H2,15,19). The molecule has 4 nitrogen and oxygen atoms in total. The van der Waals surface area contributed by atoms with Crippen LogP contribution >= 0.6 is 23.6 Å². The van der Waals surface area contributed by atoms with Gasteiger partial charge in [-0.25, -0.2) is 13.1 Å². The molecule has 7 heteroatoms. The van der Waals surface area contributed by atoms with Crippen molar-refractivity contribution in [2.75, 3.05) is 6.54 Å². The van der Waals surface area contributed by atoms with Crippen molar-refractivity contribution in [3.05, 3.63) is 52.2 Å². The zero-order valence-corrected chi connectivity index (χ0v) is 13.7. The fraction of sp³-hybridized carbons (Fsp3) is 0.214. The van der Waals surface area contributed by atoms with Crippen molar-refractivity contribution in [1.29, 1.82) is 0 Å². The van der Waals surface area contributed by atoms with Crippen molar-refractivity contribution in [2.24, 2.45) is 5.73 Å². The van der Waals surface area contributed by atoms with Gasteiger partial charge in [0.25, 0.3) is 0 Å². The molecule has 1 heterocycles. The first-order valence-corrected chi connectivity index (χ1v) is 9.19. The van der Waals surface area contributed by atoms with Crippen molar-refractivity contribution < 1.29 is 8.42 Å². The predicted molar refractivity (Wildman–Crippen MR) is 90.1 cm³/mol. The maximum absolute atomic E-state index is 12.1. The van der Waals surface area contributed by atoms with Gasteiger partial charge in [-0.1, -0.05) is 24.4 Å². The maximum atomic E-state index is 12.1. The number of thiocarbonyl (C=S) groups is 1. The molecule has 112 valence electrons. The summed E-state index contributed by atoms with van der Waals surface area (Å²) in [5, 5.41) is 3.99. The average molecular weight is 340 g/mol. The number of rotatable bonds is 7. The second kappa shape index (κ2) is 7.13. The highest BCUT2D eigenvalue weighted by Crippen LogP contribution is 2.12. The third-order valence-electron chi connectivity index (χ3n) is 2.90. The lowest BCUT2D eigenvalue weighted by atomic mass is 10.1. The Labute approximate surface area is 134 Å². The molecule has 2 aromatic rings. The molecule has 0 saturated heterocycles. The molecule has 0 aliphatic carbocycles. The van der Waals surface area contributed by atoms with Gasteiger partial charge in [-0.05, 0) is 46.5 Å². The molecule has 0 bridgehead atoms. The fourth-order valence-electron chi connectivity index (χ4n) is 1.84. The Kier molecular flexibility index (Phi) is 5.46. The van der Waals surface area contributed by atoms with Crippen LogP contribution in [0.4, 0.5) is 0 Å². The number of nitrogens with two attached hydrogens (primary N) is 1. The van der Waals surface area contributed by atoms with Crippen molar-refractivity contribution >= 4 is 38.6 Å². The Morgan fingerprint density at radius 3 is 2.48 bits per heavy atom. The van der Waals surface area contributed by atoms with E-state index in [1.54, 1.807) is 35.6 Å². The molecule has 0 fully saturated rings. The third-order valence-corrected chi connectivity index (χ3v) is 5.25. The number of hydrogen-bond donors (Lipinski definition) is 2. The molecule has 1 aromatic heterocycles. The molecule has 0 radical (unpaired) electrons. The van der Waals surface area contributed by atoms with Gasteiger partial charge in [-0.2, -0.15) is 11.3 Å². The number of thiophene rings is 1. The summed E-state index contributed by atoms with van der Waals surface area (Å²) in [6, 6.07) is 8.59.